The Morgan fingerprint density at radius 3 is 2.67 bits per heavy atom. The summed E-state index contributed by atoms with van der Waals surface area (Å²) in [5.41, 5.74) is 8.47. The highest BCUT2D eigenvalue weighted by molar-refractivity contribution is 5.30. The molecular formula is C12H18N2O. The predicted molar refractivity (Wildman–Crippen MR) is 60.9 cm³/mol. The molecule has 3 N–H and O–H groups in total. The van der Waals surface area contributed by atoms with E-state index in [1.54, 1.807) is 0 Å². The minimum absolute atomic E-state index is 0.0249. The van der Waals surface area contributed by atoms with Crippen molar-refractivity contribution < 1.29 is 0 Å². The molecule has 0 saturated heterocycles. The topological polar surface area (TPSA) is 58.9 Å². The van der Waals surface area contributed by atoms with Crippen LogP contribution in [0.5, 0.6) is 0 Å². The number of rotatable bonds is 1. The molecule has 3 nitrogen and oxygen atoms in total. The summed E-state index contributed by atoms with van der Waals surface area (Å²) in [7, 11) is 0. The van der Waals surface area contributed by atoms with Gasteiger partial charge in [-0.1, -0.05) is 0 Å². The fourth-order valence-corrected chi connectivity index (χ4v) is 2.15. The lowest BCUT2D eigenvalue weighted by molar-refractivity contribution is 0.541. The SMILES string of the molecule is CC(C)(N)c1cc2c([nH]c1=O)CCCC2. The Hall–Kier alpha value is -1.09. The van der Waals surface area contributed by atoms with Crippen molar-refractivity contribution >= 4 is 0 Å². The van der Waals surface area contributed by atoms with Crippen LogP contribution in [0.2, 0.25) is 0 Å². The Bertz CT molecular complexity index is 426. The van der Waals surface area contributed by atoms with E-state index in [9.17, 15) is 4.79 Å². The highest BCUT2D eigenvalue weighted by Crippen LogP contribution is 2.21. The molecule has 1 aromatic rings. The zero-order valence-corrected chi connectivity index (χ0v) is 9.39. The van der Waals surface area contributed by atoms with Crippen molar-refractivity contribution in [3.8, 4) is 0 Å². The molecule has 0 atom stereocenters. The third-order valence-electron chi connectivity index (χ3n) is 3.03. The highest BCUT2D eigenvalue weighted by atomic mass is 16.1. The first-order valence-electron chi connectivity index (χ1n) is 5.53. The fourth-order valence-electron chi connectivity index (χ4n) is 2.15. The molecule has 1 heterocycles. The van der Waals surface area contributed by atoms with E-state index in [4.69, 9.17) is 5.73 Å². The summed E-state index contributed by atoms with van der Waals surface area (Å²) in [5.74, 6) is 0. The largest absolute Gasteiger partial charge is 0.326 e. The summed E-state index contributed by atoms with van der Waals surface area (Å²) >= 11 is 0. The summed E-state index contributed by atoms with van der Waals surface area (Å²) in [5, 5.41) is 0. The van der Waals surface area contributed by atoms with E-state index in [1.807, 2.05) is 19.9 Å². The maximum absolute atomic E-state index is 11.8. The third-order valence-corrected chi connectivity index (χ3v) is 3.03. The van der Waals surface area contributed by atoms with E-state index >= 15 is 0 Å². The first-order valence-corrected chi connectivity index (χ1v) is 5.53. The van der Waals surface area contributed by atoms with Crippen molar-refractivity contribution in [2.24, 2.45) is 5.73 Å². The quantitative estimate of drug-likeness (QED) is 0.730. The number of aromatic amines is 1. The number of nitrogens with one attached hydrogen (secondary N) is 1. The lowest BCUT2D eigenvalue weighted by Crippen LogP contribution is -2.36. The van der Waals surface area contributed by atoms with Gasteiger partial charge in [0.15, 0.2) is 0 Å². The zero-order valence-electron chi connectivity index (χ0n) is 9.39. The summed E-state index contributed by atoms with van der Waals surface area (Å²) < 4.78 is 0. The van der Waals surface area contributed by atoms with Crippen LogP contribution in [0.1, 0.15) is 43.5 Å². The van der Waals surface area contributed by atoms with Crippen LogP contribution in [0.25, 0.3) is 0 Å². The van der Waals surface area contributed by atoms with Crippen LogP contribution in [0.15, 0.2) is 10.9 Å². The summed E-state index contributed by atoms with van der Waals surface area (Å²) in [6.45, 7) is 3.74. The number of hydrogen-bond acceptors (Lipinski definition) is 2. The molecule has 0 spiro atoms. The van der Waals surface area contributed by atoms with Gasteiger partial charge in [0.2, 0.25) is 0 Å². The van der Waals surface area contributed by atoms with Gasteiger partial charge in [-0.25, -0.2) is 0 Å². The minimum Gasteiger partial charge on any atom is -0.326 e. The Morgan fingerprint density at radius 2 is 2.00 bits per heavy atom. The second kappa shape index (κ2) is 3.49. The van der Waals surface area contributed by atoms with E-state index in [2.05, 4.69) is 4.98 Å². The van der Waals surface area contributed by atoms with E-state index in [-0.39, 0.29) is 5.56 Å². The Kier molecular flexibility index (Phi) is 2.43. The monoisotopic (exact) mass is 206 g/mol. The van der Waals surface area contributed by atoms with Gasteiger partial charge in [0, 0.05) is 16.8 Å². The minimum atomic E-state index is -0.555. The van der Waals surface area contributed by atoms with Gasteiger partial charge < -0.3 is 10.7 Å². The van der Waals surface area contributed by atoms with Crippen LogP contribution < -0.4 is 11.3 Å². The molecule has 0 aromatic carbocycles. The standard InChI is InChI=1S/C12H18N2O/c1-12(2,13)9-7-8-5-3-4-6-10(8)14-11(9)15/h7H,3-6,13H2,1-2H3,(H,14,15). The van der Waals surface area contributed by atoms with Crippen LogP contribution in [-0.4, -0.2) is 4.98 Å². The van der Waals surface area contributed by atoms with Crippen molar-refractivity contribution in [1.29, 1.82) is 0 Å². The van der Waals surface area contributed by atoms with E-state index < -0.39 is 5.54 Å². The molecular weight excluding hydrogens is 188 g/mol. The Labute approximate surface area is 89.7 Å². The number of pyridine rings is 1. The van der Waals surface area contributed by atoms with Gasteiger partial charge in [-0.15, -0.1) is 0 Å². The summed E-state index contributed by atoms with van der Waals surface area (Å²) in [6.07, 6.45) is 4.45. The van der Waals surface area contributed by atoms with Gasteiger partial charge in [-0.2, -0.15) is 0 Å². The van der Waals surface area contributed by atoms with Crippen molar-refractivity contribution in [1.82, 2.24) is 4.98 Å². The molecule has 1 aliphatic carbocycles. The first-order chi connectivity index (χ1) is 6.98. The molecule has 0 unspecified atom stereocenters. The van der Waals surface area contributed by atoms with E-state index in [1.165, 1.54) is 18.4 Å². The van der Waals surface area contributed by atoms with Crippen LogP contribution in [-0.2, 0) is 18.4 Å². The molecule has 0 bridgehead atoms. The van der Waals surface area contributed by atoms with Crippen LogP contribution in [0.3, 0.4) is 0 Å². The van der Waals surface area contributed by atoms with Gasteiger partial charge in [0.05, 0.1) is 0 Å². The molecule has 3 heteroatoms. The Morgan fingerprint density at radius 1 is 1.33 bits per heavy atom. The summed E-state index contributed by atoms with van der Waals surface area (Å²) in [6, 6.07) is 1.99. The number of fused-ring (bicyclic) bond motifs is 1. The molecule has 0 aliphatic heterocycles. The third kappa shape index (κ3) is 1.97. The number of aromatic nitrogens is 1. The Balaban J connectivity index is 2.55. The first kappa shape index (κ1) is 10.4. The lowest BCUT2D eigenvalue weighted by Gasteiger charge is -2.22. The maximum Gasteiger partial charge on any atom is 0.253 e. The number of H-pyrrole nitrogens is 1. The number of nitrogens with two attached hydrogens (primary N) is 1. The second-order valence-electron chi connectivity index (χ2n) is 4.94. The van der Waals surface area contributed by atoms with E-state index in [0.29, 0.717) is 5.56 Å². The molecule has 0 amide bonds. The normalized spacial score (nSPS) is 16.2. The van der Waals surface area contributed by atoms with Crippen LogP contribution >= 0.6 is 0 Å². The average Bonchev–Trinajstić information content (AvgIpc) is 2.15. The van der Waals surface area contributed by atoms with Crippen molar-refractivity contribution in [3.05, 3.63) is 33.2 Å². The number of aryl methyl sites for hydroxylation is 2. The maximum atomic E-state index is 11.8. The van der Waals surface area contributed by atoms with Crippen molar-refractivity contribution in [2.45, 2.75) is 45.1 Å². The van der Waals surface area contributed by atoms with Crippen LogP contribution in [0, 0.1) is 0 Å². The molecule has 82 valence electrons. The van der Waals surface area contributed by atoms with Crippen molar-refractivity contribution in [3.63, 3.8) is 0 Å². The van der Waals surface area contributed by atoms with Gasteiger partial charge >= 0.3 is 0 Å². The van der Waals surface area contributed by atoms with Crippen molar-refractivity contribution in [2.75, 3.05) is 0 Å². The fraction of sp³-hybridized carbons (Fsp3) is 0.583. The van der Waals surface area contributed by atoms with Gasteiger partial charge in [0.25, 0.3) is 5.56 Å². The molecule has 1 aromatic heterocycles. The molecule has 2 rings (SSSR count). The lowest BCUT2D eigenvalue weighted by atomic mass is 9.90. The molecule has 1 aliphatic rings. The second-order valence-corrected chi connectivity index (χ2v) is 4.94. The summed E-state index contributed by atoms with van der Waals surface area (Å²) in [4.78, 5) is 14.8. The zero-order chi connectivity index (χ0) is 11.1. The number of hydrogen-bond donors (Lipinski definition) is 2. The molecule has 0 radical (unpaired) electrons. The van der Waals surface area contributed by atoms with E-state index in [0.717, 1.165) is 18.5 Å². The molecule has 15 heavy (non-hydrogen) atoms. The predicted octanol–water partition coefficient (Wildman–Crippen LogP) is 1.45. The molecule has 0 saturated carbocycles. The average molecular weight is 206 g/mol. The highest BCUT2D eigenvalue weighted by Gasteiger charge is 2.21. The van der Waals surface area contributed by atoms with Gasteiger partial charge in [0.1, 0.15) is 0 Å². The smallest absolute Gasteiger partial charge is 0.253 e. The van der Waals surface area contributed by atoms with Crippen LogP contribution in [0.4, 0.5) is 0 Å². The molecule has 0 fully saturated rings. The van der Waals surface area contributed by atoms with Gasteiger partial charge in [-0.3, -0.25) is 4.79 Å². The van der Waals surface area contributed by atoms with Gasteiger partial charge in [-0.05, 0) is 51.2 Å².